The standard InChI is InChI=1S/C21H25NO3/c1-5-20(23)17-8-10-19(11-9-17)25-13-21(24)22-16(4)18-7-6-14(2)15(3)12-18/h6-12,16H,5,13H2,1-4H3,(H,22,24)/t16-/m1/s1. The number of Topliss-reactive ketones (excluding diaryl/α,β-unsaturated/α-hetero) is 1. The predicted molar refractivity (Wildman–Crippen MR) is 99.0 cm³/mol. The maximum Gasteiger partial charge on any atom is 0.258 e. The molecule has 0 unspecified atom stereocenters. The van der Waals surface area contributed by atoms with Crippen LogP contribution in [0.5, 0.6) is 5.75 Å². The van der Waals surface area contributed by atoms with Crippen LogP contribution in [0.1, 0.15) is 53.4 Å². The Hall–Kier alpha value is -2.62. The highest BCUT2D eigenvalue weighted by molar-refractivity contribution is 5.95. The summed E-state index contributed by atoms with van der Waals surface area (Å²) in [5.74, 6) is 0.479. The number of ketones is 1. The number of rotatable bonds is 7. The van der Waals surface area contributed by atoms with Crippen molar-refractivity contribution in [3.63, 3.8) is 0 Å². The van der Waals surface area contributed by atoms with Crippen molar-refractivity contribution >= 4 is 11.7 Å². The molecule has 0 aliphatic rings. The molecule has 0 saturated heterocycles. The van der Waals surface area contributed by atoms with Crippen LogP contribution in [0.15, 0.2) is 42.5 Å². The Balaban J connectivity index is 1.87. The van der Waals surface area contributed by atoms with Crippen molar-refractivity contribution in [2.45, 2.75) is 40.2 Å². The second-order valence-electron chi connectivity index (χ2n) is 6.22. The lowest BCUT2D eigenvalue weighted by molar-refractivity contribution is -0.123. The summed E-state index contributed by atoms with van der Waals surface area (Å²) < 4.78 is 5.49. The molecule has 0 bridgehead atoms. The minimum atomic E-state index is -0.181. The molecule has 0 aliphatic heterocycles. The van der Waals surface area contributed by atoms with Crippen molar-refractivity contribution in [2.75, 3.05) is 6.61 Å². The second-order valence-corrected chi connectivity index (χ2v) is 6.22. The number of nitrogens with one attached hydrogen (secondary N) is 1. The lowest BCUT2D eigenvalue weighted by Crippen LogP contribution is -2.31. The van der Waals surface area contributed by atoms with Crippen molar-refractivity contribution in [3.8, 4) is 5.75 Å². The summed E-state index contributed by atoms with van der Waals surface area (Å²) >= 11 is 0. The smallest absolute Gasteiger partial charge is 0.258 e. The zero-order chi connectivity index (χ0) is 18.4. The van der Waals surface area contributed by atoms with Crippen LogP contribution in [0.4, 0.5) is 0 Å². The number of aryl methyl sites for hydroxylation is 2. The molecule has 4 heteroatoms. The molecular weight excluding hydrogens is 314 g/mol. The van der Waals surface area contributed by atoms with Gasteiger partial charge in [0, 0.05) is 12.0 Å². The van der Waals surface area contributed by atoms with E-state index in [1.54, 1.807) is 24.3 Å². The predicted octanol–water partition coefficient (Wildman–Crippen LogP) is 4.15. The number of amides is 1. The summed E-state index contributed by atoms with van der Waals surface area (Å²) in [6.07, 6.45) is 0.471. The van der Waals surface area contributed by atoms with Crippen LogP contribution in [0.2, 0.25) is 0 Å². The first-order chi connectivity index (χ1) is 11.9. The van der Waals surface area contributed by atoms with Gasteiger partial charge < -0.3 is 10.1 Å². The summed E-state index contributed by atoms with van der Waals surface area (Å²) in [5.41, 5.74) is 4.16. The van der Waals surface area contributed by atoms with E-state index in [9.17, 15) is 9.59 Å². The molecule has 0 aliphatic carbocycles. The zero-order valence-electron chi connectivity index (χ0n) is 15.3. The molecule has 4 nitrogen and oxygen atoms in total. The van der Waals surface area contributed by atoms with Crippen LogP contribution in [-0.2, 0) is 4.79 Å². The third-order valence-electron chi connectivity index (χ3n) is 4.28. The molecule has 0 saturated carbocycles. The second kappa shape index (κ2) is 8.47. The molecule has 2 aromatic carbocycles. The van der Waals surface area contributed by atoms with Crippen LogP contribution in [0.25, 0.3) is 0 Å². The molecule has 1 amide bonds. The molecular formula is C21H25NO3. The van der Waals surface area contributed by atoms with Gasteiger partial charge in [0.2, 0.25) is 0 Å². The Morgan fingerprint density at radius 3 is 2.32 bits per heavy atom. The van der Waals surface area contributed by atoms with E-state index in [4.69, 9.17) is 4.74 Å². The molecule has 2 rings (SSSR count). The van der Waals surface area contributed by atoms with Crippen molar-refractivity contribution < 1.29 is 14.3 Å². The largest absolute Gasteiger partial charge is 0.484 e. The minimum absolute atomic E-state index is 0.0593. The van der Waals surface area contributed by atoms with Gasteiger partial charge >= 0.3 is 0 Å². The van der Waals surface area contributed by atoms with E-state index >= 15 is 0 Å². The average molecular weight is 339 g/mol. The van der Waals surface area contributed by atoms with Gasteiger partial charge in [0.25, 0.3) is 5.91 Å². The molecule has 132 valence electrons. The van der Waals surface area contributed by atoms with Gasteiger partial charge in [-0.05, 0) is 61.7 Å². The number of ether oxygens (including phenoxy) is 1. The summed E-state index contributed by atoms with van der Waals surface area (Å²) in [4.78, 5) is 23.7. The number of carbonyl (C=O) groups is 2. The molecule has 0 radical (unpaired) electrons. The summed E-state index contributed by atoms with van der Waals surface area (Å²) in [5, 5.41) is 2.93. The molecule has 1 atom stereocenters. The normalized spacial score (nSPS) is 11.7. The zero-order valence-corrected chi connectivity index (χ0v) is 15.3. The summed E-state index contributed by atoms with van der Waals surface area (Å²) in [6, 6.07) is 12.9. The third kappa shape index (κ3) is 5.18. The fourth-order valence-electron chi connectivity index (χ4n) is 2.49. The summed E-state index contributed by atoms with van der Waals surface area (Å²) in [7, 11) is 0. The van der Waals surface area contributed by atoms with Gasteiger partial charge in [0.05, 0.1) is 6.04 Å². The van der Waals surface area contributed by atoms with Crippen molar-refractivity contribution in [3.05, 3.63) is 64.7 Å². The van der Waals surface area contributed by atoms with E-state index in [1.165, 1.54) is 11.1 Å². The van der Waals surface area contributed by atoms with Gasteiger partial charge in [0.15, 0.2) is 12.4 Å². The monoisotopic (exact) mass is 339 g/mol. The quantitative estimate of drug-likeness (QED) is 0.771. The van der Waals surface area contributed by atoms with E-state index in [0.717, 1.165) is 5.56 Å². The van der Waals surface area contributed by atoms with E-state index in [2.05, 4.69) is 31.3 Å². The van der Waals surface area contributed by atoms with Crippen molar-refractivity contribution in [1.29, 1.82) is 0 Å². The maximum absolute atomic E-state index is 12.1. The van der Waals surface area contributed by atoms with Crippen LogP contribution in [0.3, 0.4) is 0 Å². The Morgan fingerprint density at radius 1 is 1.04 bits per heavy atom. The van der Waals surface area contributed by atoms with E-state index in [1.807, 2.05) is 19.9 Å². The average Bonchev–Trinajstić information content (AvgIpc) is 2.62. The van der Waals surface area contributed by atoms with Gasteiger partial charge in [-0.25, -0.2) is 0 Å². The molecule has 1 N–H and O–H groups in total. The number of carbonyl (C=O) groups excluding carboxylic acids is 2. The van der Waals surface area contributed by atoms with E-state index < -0.39 is 0 Å². The fourth-order valence-corrected chi connectivity index (χ4v) is 2.49. The number of hydrogen-bond donors (Lipinski definition) is 1. The van der Waals surface area contributed by atoms with Gasteiger partial charge in [-0.2, -0.15) is 0 Å². The van der Waals surface area contributed by atoms with Crippen molar-refractivity contribution in [2.24, 2.45) is 0 Å². The topological polar surface area (TPSA) is 55.4 Å². The van der Waals surface area contributed by atoms with E-state index in [-0.39, 0.29) is 24.3 Å². The van der Waals surface area contributed by atoms with Gasteiger partial charge in [-0.1, -0.05) is 25.1 Å². The van der Waals surface area contributed by atoms with Crippen LogP contribution in [0, 0.1) is 13.8 Å². The summed E-state index contributed by atoms with van der Waals surface area (Å²) in [6.45, 7) is 7.84. The Kier molecular flexibility index (Phi) is 6.34. The van der Waals surface area contributed by atoms with Crippen LogP contribution < -0.4 is 10.1 Å². The SMILES string of the molecule is CCC(=O)c1ccc(OCC(=O)N[C@H](C)c2ccc(C)c(C)c2)cc1. The molecule has 25 heavy (non-hydrogen) atoms. The molecule has 0 heterocycles. The highest BCUT2D eigenvalue weighted by atomic mass is 16.5. The third-order valence-corrected chi connectivity index (χ3v) is 4.28. The lowest BCUT2D eigenvalue weighted by Gasteiger charge is -2.16. The molecule has 0 fully saturated rings. The van der Waals surface area contributed by atoms with Crippen LogP contribution >= 0.6 is 0 Å². The molecule has 2 aromatic rings. The number of benzene rings is 2. The maximum atomic E-state index is 12.1. The fraction of sp³-hybridized carbons (Fsp3) is 0.333. The van der Waals surface area contributed by atoms with Gasteiger partial charge in [-0.3, -0.25) is 9.59 Å². The van der Waals surface area contributed by atoms with Crippen LogP contribution in [-0.4, -0.2) is 18.3 Å². The van der Waals surface area contributed by atoms with Gasteiger partial charge in [-0.15, -0.1) is 0 Å². The molecule has 0 spiro atoms. The number of hydrogen-bond acceptors (Lipinski definition) is 3. The Morgan fingerprint density at radius 2 is 1.72 bits per heavy atom. The first-order valence-electron chi connectivity index (χ1n) is 8.53. The van der Waals surface area contributed by atoms with E-state index in [0.29, 0.717) is 17.7 Å². The lowest BCUT2D eigenvalue weighted by atomic mass is 10.0. The minimum Gasteiger partial charge on any atom is -0.484 e. The molecule has 0 aromatic heterocycles. The van der Waals surface area contributed by atoms with Crippen molar-refractivity contribution in [1.82, 2.24) is 5.32 Å². The Bertz CT molecular complexity index is 750. The highest BCUT2D eigenvalue weighted by Crippen LogP contribution is 2.17. The highest BCUT2D eigenvalue weighted by Gasteiger charge is 2.11. The van der Waals surface area contributed by atoms with Gasteiger partial charge in [0.1, 0.15) is 5.75 Å². The first-order valence-corrected chi connectivity index (χ1v) is 8.53. The first kappa shape index (κ1) is 18.7. The Labute approximate surface area is 149 Å².